The van der Waals surface area contributed by atoms with Crippen molar-refractivity contribution in [1.82, 2.24) is 0 Å². The first kappa shape index (κ1) is 24.0. The number of hydrogen-bond donors (Lipinski definition) is 1. The largest absolute Gasteiger partial charge is 0.466 e. The van der Waals surface area contributed by atoms with E-state index in [4.69, 9.17) is 10.5 Å². The van der Waals surface area contributed by atoms with Crippen molar-refractivity contribution in [3.8, 4) is 0 Å². The zero-order valence-corrected chi connectivity index (χ0v) is 18.5. The number of nitro benzene ring substituents is 1. The van der Waals surface area contributed by atoms with Crippen LogP contribution in [0.25, 0.3) is 0 Å². The van der Waals surface area contributed by atoms with Gasteiger partial charge in [-0.3, -0.25) is 19.8 Å². The highest BCUT2D eigenvalue weighted by molar-refractivity contribution is 6.05. The lowest BCUT2D eigenvalue weighted by molar-refractivity contribution is -0.384. The molecule has 35 heavy (non-hydrogen) atoms. The third-order valence-electron chi connectivity index (χ3n) is 6.09. The van der Waals surface area contributed by atoms with Crippen molar-refractivity contribution in [2.75, 3.05) is 12.0 Å². The number of esters is 1. The fraction of sp³-hybridized carbons (Fsp3) is 0.250. The molecule has 4 rings (SSSR count). The molecule has 0 saturated heterocycles. The van der Waals surface area contributed by atoms with E-state index in [-0.39, 0.29) is 52.7 Å². The molecule has 0 saturated carbocycles. The molecule has 1 heterocycles. The summed E-state index contributed by atoms with van der Waals surface area (Å²) in [6, 6.07) is 9.99. The number of allylic oxidation sites excluding steroid dienone is 2. The maximum atomic E-state index is 13.9. The van der Waals surface area contributed by atoms with Crippen LogP contribution in [0.4, 0.5) is 24.5 Å². The van der Waals surface area contributed by atoms with Crippen LogP contribution in [-0.4, -0.2) is 23.8 Å². The second-order valence-corrected chi connectivity index (χ2v) is 8.06. The summed E-state index contributed by atoms with van der Waals surface area (Å²) in [5, 5.41) is 11.1. The monoisotopic (exact) mass is 487 g/mol. The Morgan fingerprint density at radius 1 is 1.14 bits per heavy atom. The van der Waals surface area contributed by atoms with E-state index >= 15 is 0 Å². The lowest BCUT2D eigenvalue weighted by atomic mass is 9.75. The fourth-order valence-corrected chi connectivity index (χ4v) is 4.60. The standard InChI is InChI=1S/C24H20F3N3O5/c1-35-23(32)21-19(13-9-11-14(12-10-13)30(33)34)20-17(7-4-8-18(20)31)29(22(21)28)16-6-3-2-5-15(16)24(25,26)27/h2-3,5-6,9-12,19H,4,7-8,28H2,1H3. The Balaban J connectivity index is 2.02. The number of anilines is 1. The quantitative estimate of drug-likeness (QED) is 0.382. The normalized spacial score (nSPS) is 18.5. The highest BCUT2D eigenvalue weighted by atomic mass is 19.4. The third-order valence-corrected chi connectivity index (χ3v) is 6.09. The van der Waals surface area contributed by atoms with Crippen molar-refractivity contribution in [2.24, 2.45) is 5.73 Å². The Morgan fingerprint density at radius 2 is 1.80 bits per heavy atom. The number of nitro groups is 1. The smallest absolute Gasteiger partial charge is 0.418 e. The minimum atomic E-state index is -4.73. The number of para-hydroxylation sites is 1. The van der Waals surface area contributed by atoms with Gasteiger partial charge in [0.2, 0.25) is 0 Å². The molecule has 2 aromatic rings. The molecule has 0 fully saturated rings. The molecule has 1 unspecified atom stereocenters. The van der Waals surface area contributed by atoms with Gasteiger partial charge >= 0.3 is 12.1 Å². The Morgan fingerprint density at radius 3 is 2.40 bits per heavy atom. The van der Waals surface area contributed by atoms with Crippen LogP contribution in [0.3, 0.4) is 0 Å². The predicted molar refractivity (Wildman–Crippen MR) is 119 cm³/mol. The van der Waals surface area contributed by atoms with Crippen LogP contribution in [-0.2, 0) is 20.5 Å². The number of ether oxygens (including phenoxy) is 1. The van der Waals surface area contributed by atoms with Gasteiger partial charge in [-0.1, -0.05) is 24.3 Å². The summed E-state index contributed by atoms with van der Waals surface area (Å²) in [4.78, 5) is 37.7. The molecular weight excluding hydrogens is 467 g/mol. The van der Waals surface area contributed by atoms with E-state index in [0.717, 1.165) is 18.1 Å². The molecule has 1 aliphatic heterocycles. The van der Waals surface area contributed by atoms with Gasteiger partial charge in [-0.05, 0) is 30.5 Å². The van der Waals surface area contributed by atoms with Gasteiger partial charge in [0, 0.05) is 29.8 Å². The summed E-state index contributed by atoms with van der Waals surface area (Å²) in [6.45, 7) is 0. The summed E-state index contributed by atoms with van der Waals surface area (Å²) in [7, 11) is 1.09. The minimum Gasteiger partial charge on any atom is -0.466 e. The third kappa shape index (κ3) is 4.13. The van der Waals surface area contributed by atoms with Gasteiger partial charge in [0.05, 0.1) is 34.8 Å². The van der Waals surface area contributed by atoms with E-state index < -0.39 is 28.6 Å². The van der Waals surface area contributed by atoms with Crippen LogP contribution in [0.5, 0.6) is 0 Å². The van der Waals surface area contributed by atoms with Gasteiger partial charge in [0.1, 0.15) is 5.82 Å². The molecule has 2 aliphatic rings. The SMILES string of the molecule is COC(=O)C1=C(N)N(c2ccccc2C(F)(F)F)C2=C(C(=O)CCC2)C1c1ccc([N+](=O)[O-])cc1. The van der Waals surface area contributed by atoms with Crippen molar-refractivity contribution in [3.63, 3.8) is 0 Å². The summed E-state index contributed by atoms with van der Waals surface area (Å²) >= 11 is 0. The molecule has 1 atom stereocenters. The van der Waals surface area contributed by atoms with E-state index in [2.05, 4.69) is 0 Å². The van der Waals surface area contributed by atoms with Crippen LogP contribution in [0.2, 0.25) is 0 Å². The minimum absolute atomic E-state index is 0.122. The zero-order valence-electron chi connectivity index (χ0n) is 18.5. The van der Waals surface area contributed by atoms with Gasteiger partial charge in [-0.2, -0.15) is 13.2 Å². The van der Waals surface area contributed by atoms with E-state index in [1.165, 1.54) is 42.5 Å². The number of carbonyl (C=O) groups excluding carboxylic acids is 2. The number of hydrogen-bond acceptors (Lipinski definition) is 7. The van der Waals surface area contributed by atoms with Gasteiger partial charge in [-0.15, -0.1) is 0 Å². The molecule has 0 radical (unpaired) electrons. The number of benzene rings is 2. The van der Waals surface area contributed by atoms with E-state index in [1.807, 2.05) is 0 Å². The molecule has 1 aliphatic carbocycles. The number of nitrogens with zero attached hydrogens (tertiary/aromatic N) is 2. The van der Waals surface area contributed by atoms with Crippen LogP contribution in [0.15, 0.2) is 71.2 Å². The van der Waals surface area contributed by atoms with Crippen LogP contribution < -0.4 is 10.6 Å². The van der Waals surface area contributed by atoms with Crippen LogP contribution in [0.1, 0.15) is 36.3 Å². The number of non-ortho nitro benzene ring substituents is 1. The summed E-state index contributed by atoms with van der Waals surface area (Å²) in [5.74, 6) is -2.63. The second kappa shape index (κ2) is 8.90. The number of methoxy groups -OCH3 is 1. The van der Waals surface area contributed by atoms with Crippen molar-refractivity contribution in [1.29, 1.82) is 0 Å². The van der Waals surface area contributed by atoms with Gasteiger partial charge in [-0.25, -0.2) is 4.79 Å². The van der Waals surface area contributed by atoms with E-state index in [0.29, 0.717) is 12.0 Å². The maximum Gasteiger partial charge on any atom is 0.418 e. The molecule has 0 aromatic heterocycles. The van der Waals surface area contributed by atoms with E-state index in [1.54, 1.807) is 0 Å². The van der Waals surface area contributed by atoms with Crippen LogP contribution in [0, 0.1) is 10.1 Å². The fourth-order valence-electron chi connectivity index (χ4n) is 4.60. The Labute approximate surface area is 197 Å². The van der Waals surface area contributed by atoms with Gasteiger partial charge in [0.25, 0.3) is 5.69 Å². The average molecular weight is 487 g/mol. The molecule has 11 heteroatoms. The van der Waals surface area contributed by atoms with Crippen molar-refractivity contribution < 1.29 is 32.4 Å². The predicted octanol–water partition coefficient (Wildman–Crippen LogP) is 4.57. The van der Waals surface area contributed by atoms with E-state index in [9.17, 15) is 32.9 Å². The topological polar surface area (TPSA) is 116 Å². The molecule has 182 valence electrons. The molecular formula is C24H20F3N3O5. The summed E-state index contributed by atoms with van der Waals surface area (Å²) in [6.07, 6.45) is -3.97. The van der Waals surface area contributed by atoms with Gasteiger partial charge < -0.3 is 10.5 Å². The molecule has 8 nitrogen and oxygen atoms in total. The number of alkyl halides is 3. The summed E-state index contributed by atoms with van der Waals surface area (Å²) in [5.41, 5.74) is 5.40. The number of ketones is 1. The average Bonchev–Trinajstić information content (AvgIpc) is 2.82. The second-order valence-electron chi connectivity index (χ2n) is 8.06. The molecule has 2 aromatic carbocycles. The first-order chi connectivity index (χ1) is 16.6. The Bertz CT molecular complexity index is 1280. The molecule has 2 N–H and O–H groups in total. The lowest BCUT2D eigenvalue weighted by Crippen LogP contribution is -2.41. The Hall–Kier alpha value is -4.15. The number of nitrogens with two attached hydrogens (primary N) is 1. The highest BCUT2D eigenvalue weighted by Gasteiger charge is 2.45. The van der Waals surface area contributed by atoms with Gasteiger partial charge in [0.15, 0.2) is 5.78 Å². The molecule has 0 spiro atoms. The lowest BCUT2D eigenvalue weighted by Gasteiger charge is -2.41. The first-order valence-corrected chi connectivity index (χ1v) is 10.6. The number of rotatable bonds is 4. The number of carbonyl (C=O) groups is 2. The van der Waals surface area contributed by atoms with Crippen molar-refractivity contribution in [3.05, 3.63) is 92.4 Å². The van der Waals surface area contributed by atoms with Crippen molar-refractivity contribution in [2.45, 2.75) is 31.4 Å². The maximum absolute atomic E-state index is 13.9. The first-order valence-electron chi connectivity index (χ1n) is 10.6. The summed E-state index contributed by atoms with van der Waals surface area (Å²) < 4.78 is 46.6. The number of Topliss-reactive ketones (excluding diaryl/α,β-unsaturated/α-hetero) is 1. The number of halogens is 3. The zero-order chi connectivity index (χ0) is 25.5. The molecule has 0 amide bonds. The highest BCUT2D eigenvalue weighted by Crippen LogP contribution is 2.49. The Kier molecular flexibility index (Phi) is 6.10. The van der Waals surface area contributed by atoms with Crippen molar-refractivity contribution >= 4 is 23.1 Å². The van der Waals surface area contributed by atoms with Crippen LogP contribution >= 0.6 is 0 Å². The molecule has 0 bridgehead atoms.